The van der Waals surface area contributed by atoms with Gasteiger partial charge in [0.1, 0.15) is 0 Å². The molecule has 0 unspecified atom stereocenters. The summed E-state index contributed by atoms with van der Waals surface area (Å²) < 4.78 is 7.31. The van der Waals surface area contributed by atoms with Crippen molar-refractivity contribution in [2.75, 3.05) is 18.5 Å². The summed E-state index contributed by atoms with van der Waals surface area (Å²) in [6, 6.07) is 14.6. The van der Waals surface area contributed by atoms with E-state index in [9.17, 15) is 4.79 Å². The van der Waals surface area contributed by atoms with E-state index in [1.807, 2.05) is 12.1 Å². The van der Waals surface area contributed by atoms with Crippen LogP contribution in [0.15, 0.2) is 42.5 Å². The molecular formula is C22H25N5O3. The van der Waals surface area contributed by atoms with Crippen molar-refractivity contribution >= 4 is 17.7 Å². The highest BCUT2D eigenvalue weighted by Gasteiger charge is 2.38. The number of hydrogen-bond acceptors (Lipinski definition) is 5. The molecule has 1 aliphatic carbocycles. The van der Waals surface area contributed by atoms with Crippen LogP contribution in [0.2, 0.25) is 0 Å². The summed E-state index contributed by atoms with van der Waals surface area (Å²) in [6.07, 6.45) is 4.88. The zero-order valence-corrected chi connectivity index (χ0v) is 16.7. The van der Waals surface area contributed by atoms with Gasteiger partial charge in [0, 0.05) is 24.7 Å². The van der Waals surface area contributed by atoms with E-state index < -0.39 is 6.09 Å². The number of nitrogens with one attached hydrogen (secondary N) is 1. The Hall–Kier alpha value is -2.97. The van der Waals surface area contributed by atoms with E-state index in [2.05, 4.69) is 44.6 Å². The molecule has 30 heavy (non-hydrogen) atoms. The smallest absolute Gasteiger partial charge is 0.411 e. The van der Waals surface area contributed by atoms with Gasteiger partial charge in [-0.15, -0.1) is 5.10 Å². The Labute approximate surface area is 174 Å². The number of aromatic nitrogens is 3. The molecule has 6 rings (SSSR count). The van der Waals surface area contributed by atoms with Crippen molar-refractivity contribution in [1.29, 1.82) is 0 Å². The number of carboxylic acid groups (broad SMARTS) is 1. The maximum Gasteiger partial charge on any atom is 0.411 e. The molecule has 2 bridgehead atoms. The van der Waals surface area contributed by atoms with Crippen LogP contribution in [0, 0.1) is 0 Å². The molecular weight excluding hydrogens is 382 g/mol. The predicted molar refractivity (Wildman–Crippen MR) is 112 cm³/mol. The van der Waals surface area contributed by atoms with Crippen LogP contribution in [0.25, 0.3) is 16.9 Å². The number of ether oxygens (including phenoxy) is 1. The van der Waals surface area contributed by atoms with Crippen LogP contribution in [0.3, 0.4) is 0 Å². The van der Waals surface area contributed by atoms with E-state index in [1.165, 1.54) is 24.8 Å². The summed E-state index contributed by atoms with van der Waals surface area (Å²) in [5.41, 5.74) is 3.72. The zero-order valence-electron chi connectivity index (χ0n) is 16.7. The van der Waals surface area contributed by atoms with Crippen LogP contribution in [0.5, 0.6) is 0 Å². The Morgan fingerprint density at radius 3 is 2.60 bits per heavy atom. The third kappa shape index (κ3) is 4.15. The molecule has 2 saturated heterocycles. The lowest BCUT2D eigenvalue weighted by Crippen LogP contribution is -2.36. The van der Waals surface area contributed by atoms with Crippen LogP contribution in [0.4, 0.5) is 10.7 Å². The van der Waals surface area contributed by atoms with Crippen LogP contribution in [0.1, 0.15) is 31.2 Å². The number of amides is 1. The summed E-state index contributed by atoms with van der Waals surface area (Å²) in [5, 5.41) is 15.3. The maximum atomic E-state index is 10.8. The van der Waals surface area contributed by atoms with Gasteiger partial charge in [-0.1, -0.05) is 49.6 Å². The largest absolute Gasteiger partial charge is 0.465 e. The van der Waals surface area contributed by atoms with Crippen molar-refractivity contribution < 1.29 is 14.6 Å². The van der Waals surface area contributed by atoms with Gasteiger partial charge in [0.25, 0.3) is 5.95 Å². The first-order valence-corrected chi connectivity index (χ1v) is 10.5. The molecule has 2 N–H and O–H groups in total. The fourth-order valence-corrected chi connectivity index (χ4v) is 3.96. The number of nitrogens with zero attached hydrogens (tertiary/aromatic N) is 4. The molecule has 3 fully saturated rings. The Bertz CT molecular complexity index is 1040. The highest BCUT2D eigenvalue weighted by molar-refractivity contribution is 5.80. The molecule has 1 amide bonds. The van der Waals surface area contributed by atoms with Gasteiger partial charge >= 0.3 is 6.09 Å². The van der Waals surface area contributed by atoms with E-state index in [1.54, 1.807) is 10.6 Å². The summed E-state index contributed by atoms with van der Waals surface area (Å²) in [7, 11) is 0. The standard InChI is InChI=1S/C19H19N5O3.C3H6/c25-19(26)21-18-20-17-3-1-2-16(24(17)22-18)13-6-4-12(5-7-13)9-23-10-15-8-14(23)11-27-15;1-2-3-1/h1-7,14-15H,8-11H2,(H,21,22)(H,25,26);1-3H2/t14-,15-;/m0./s1. The Morgan fingerprint density at radius 2 is 1.97 bits per heavy atom. The molecule has 8 heteroatoms. The average Bonchev–Trinajstić information content (AvgIpc) is 3.33. The monoisotopic (exact) mass is 407 g/mol. The van der Waals surface area contributed by atoms with Crippen molar-refractivity contribution in [3.8, 4) is 11.3 Å². The minimum Gasteiger partial charge on any atom is -0.465 e. The second kappa shape index (κ2) is 8.04. The number of hydrogen-bond donors (Lipinski definition) is 2. The van der Waals surface area contributed by atoms with Gasteiger partial charge in [-0.3, -0.25) is 10.2 Å². The molecule has 0 spiro atoms. The Morgan fingerprint density at radius 1 is 1.17 bits per heavy atom. The highest BCUT2D eigenvalue weighted by atomic mass is 16.5. The van der Waals surface area contributed by atoms with E-state index in [0.29, 0.717) is 17.8 Å². The molecule has 4 heterocycles. The van der Waals surface area contributed by atoms with Gasteiger partial charge in [0.05, 0.1) is 18.4 Å². The minimum atomic E-state index is -1.18. The van der Waals surface area contributed by atoms with E-state index >= 15 is 0 Å². The number of likely N-dealkylation sites (tertiary alicyclic amines) is 1. The molecule has 3 aliphatic rings. The van der Waals surface area contributed by atoms with Crippen molar-refractivity contribution in [3.63, 3.8) is 0 Å². The highest BCUT2D eigenvalue weighted by Crippen LogP contribution is 2.29. The predicted octanol–water partition coefficient (Wildman–Crippen LogP) is 3.63. The molecule has 0 radical (unpaired) electrons. The van der Waals surface area contributed by atoms with Crippen molar-refractivity contribution in [2.24, 2.45) is 0 Å². The number of benzene rings is 1. The number of pyridine rings is 1. The topological polar surface area (TPSA) is 92.0 Å². The quantitative estimate of drug-likeness (QED) is 0.686. The van der Waals surface area contributed by atoms with Crippen LogP contribution in [-0.2, 0) is 11.3 Å². The Kier molecular flexibility index (Phi) is 5.10. The molecule has 1 aromatic carbocycles. The first-order chi connectivity index (χ1) is 14.7. The maximum absolute atomic E-state index is 10.8. The Balaban J connectivity index is 0.000000592. The van der Waals surface area contributed by atoms with E-state index in [4.69, 9.17) is 9.84 Å². The third-order valence-electron chi connectivity index (χ3n) is 5.58. The number of anilines is 1. The molecule has 3 aromatic rings. The second-order valence-electron chi connectivity index (χ2n) is 8.08. The molecule has 156 valence electrons. The molecule has 8 nitrogen and oxygen atoms in total. The normalized spacial score (nSPS) is 22.0. The van der Waals surface area contributed by atoms with Crippen molar-refractivity contribution in [2.45, 2.75) is 44.4 Å². The van der Waals surface area contributed by atoms with Gasteiger partial charge in [-0.25, -0.2) is 9.31 Å². The number of rotatable bonds is 4. The summed E-state index contributed by atoms with van der Waals surface area (Å²) in [4.78, 5) is 17.5. The van der Waals surface area contributed by atoms with Crippen molar-refractivity contribution in [1.82, 2.24) is 19.5 Å². The van der Waals surface area contributed by atoms with E-state index in [-0.39, 0.29) is 5.95 Å². The number of morpholine rings is 1. The van der Waals surface area contributed by atoms with E-state index in [0.717, 1.165) is 37.4 Å². The first-order valence-electron chi connectivity index (χ1n) is 10.5. The lowest BCUT2D eigenvalue weighted by Gasteiger charge is -2.26. The van der Waals surface area contributed by atoms with Gasteiger partial charge in [0.2, 0.25) is 0 Å². The van der Waals surface area contributed by atoms with Crippen LogP contribution in [-0.4, -0.2) is 56.0 Å². The lowest BCUT2D eigenvalue weighted by atomic mass is 10.1. The van der Waals surface area contributed by atoms with Gasteiger partial charge in [-0.2, -0.15) is 4.98 Å². The zero-order chi connectivity index (χ0) is 20.5. The summed E-state index contributed by atoms with van der Waals surface area (Å²) >= 11 is 0. The average molecular weight is 407 g/mol. The molecule has 2 aliphatic heterocycles. The van der Waals surface area contributed by atoms with Crippen molar-refractivity contribution in [3.05, 3.63) is 48.0 Å². The lowest BCUT2D eigenvalue weighted by molar-refractivity contribution is 0.0273. The molecule has 2 atom stereocenters. The summed E-state index contributed by atoms with van der Waals surface area (Å²) in [5.74, 6) is 0.0675. The minimum absolute atomic E-state index is 0.0675. The van der Waals surface area contributed by atoms with Gasteiger partial charge in [-0.05, 0) is 24.1 Å². The number of carbonyl (C=O) groups is 1. The summed E-state index contributed by atoms with van der Waals surface area (Å²) in [6.45, 7) is 2.80. The van der Waals surface area contributed by atoms with Gasteiger partial charge in [0.15, 0.2) is 5.65 Å². The fourth-order valence-electron chi connectivity index (χ4n) is 3.96. The van der Waals surface area contributed by atoms with Crippen LogP contribution >= 0.6 is 0 Å². The fraction of sp³-hybridized carbons (Fsp3) is 0.409. The first kappa shape index (κ1) is 19.0. The number of fused-ring (bicyclic) bond motifs is 3. The SMILES string of the molecule is C1CC1.O=C(O)Nc1nc2cccc(-c3ccc(CN4C[C@@H]5C[C@H]4CO5)cc3)n2n1. The third-order valence-corrected chi connectivity index (χ3v) is 5.58. The van der Waals surface area contributed by atoms with Crippen LogP contribution < -0.4 is 5.32 Å². The molecule has 1 saturated carbocycles. The second-order valence-corrected chi connectivity index (χ2v) is 8.08. The molecule has 2 aromatic heterocycles. The van der Waals surface area contributed by atoms with Gasteiger partial charge < -0.3 is 9.84 Å².